The molecule has 0 spiro atoms. The molecular weight excluding hydrogens is 278 g/mol. The smallest absolute Gasteiger partial charge is 0.236 e. The van der Waals surface area contributed by atoms with Crippen LogP contribution in [0.3, 0.4) is 0 Å². The third-order valence-electron chi connectivity index (χ3n) is 5.38. The SMILES string of the molecule is CCC(CO)N1CCN(CC(=O)N2CCCCC2CC)CC1. The molecule has 1 N–H and O–H groups in total. The van der Waals surface area contributed by atoms with Crippen LogP contribution in [-0.2, 0) is 4.79 Å². The van der Waals surface area contributed by atoms with Gasteiger partial charge in [-0.1, -0.05) is 13.8 Å². The zero-order chi connectivity index (χ0) is 15.9. The number of likely N-dealkylation sites (tertiary alicyclic amines) is 1. The van der Waals surface area contributed by atoms with Crippen LogP contribution in [0.5, 0.6) is 0 Å². The maximum absolute atomic E-state index is 12.6. The van der Waals surface area contributed by atoms with Crippen molar-refractivity contribution in [1.82, 2.24) is 14.7 Å². The van der Waals surface area contributed by atoms with Crippen LogP contribution in [-0.4, -0.2) is 83.7 Å². The highest BCUT2D eigenvalue weighted by Crippen LogP contribution is 2.20. The minimum absolute atomic E-state index is 0.237. The highest BCUT2D eigenvalue weighted by Gasteiger charge is 2.28. The van der Waals surface area contributed by atoms with Gasteiger partial charge < -0.3 is 10.0 Å². The van der Waals surface area contributed by atoms with Crippen molar-refractivity contribution >= 4 is 5.91 Å². The van der Waals surface area contributed by atoms with Crippen molar-refractivity contribution in [2.75, 3.05) is 45.9 Å². The van der Waals surface area contributed by atoms with Gasteiger partial charge in [-0.2, -0.15) is 0 Å². The van der Waals surface area contributed by atoms with Crippen LogP contribution in [0.4, 0.5) is 0 Å². The normalized spacial score (nSPS) is 26.1. The molecule has 2 aliphatic heterocycles. The summed E-state index contributed by atoms with van der Waals surface area (Å²) < 4.78 is 0. The molecule has 2 saturated heterocycles. The summed E-state index contributed by atoms with van der Waals surface area (Å²) in [5.41, 5.74) is 0. The van der Waals surface area contributed by atoms with Crippen LogP contribution in [0.1, 0.15) is 46.0 Å². The maximum Gasteiger partial charge on any atom is 0.236 e. The zero-order valence-electron chi connectivity index (χ0n) is 14.3. The van der Waals surface area contributed by atoms with Gasteiger partial charge in [0.1, 0.15) is 0 Å². The van der Waals surface area contributed by atoms with E-state index in [0.29, 0.717) is 18.5 Å². The third-order valence-corrected chi connectivity index (χ3v) is 5.38. The second-order valence-electron chi connectivity index (χ2n) is 6.70. The Morgan fingerprint density at radius 3 is 2.45 bits per heavy atom. The first-order chi connectivity index (χ1) is 10.7. The number of aliphatic hydroxyl groups is 1. The van der Waals surface area contributed by atoms with Gasteiger partial charge in [0.2, 0.25) is 5.91 Å². The van der Waals surface area contributed by atoms with Crippen LogP contribution < -0.4 is 0 Å². The number of piperidine rings is 1. The van der Waals surface area contributed by atoms with Gasteiger partial charge in [-0.15, -0.1) is 0 Å². The van der Waals surface area contributed by atoms with Gasteiger partial charge in [0.15, 0.2) is 0 Å². The maximum atomic E-state index is 12.6. The fourth-order valence-electron chi connectivity index (χ4n) is 3.82. The van der Waals surface area contributed by atoms with E-state index in [2.05, 4.69) is 28.5 Å². The highest BCUT2D eigenvalue weighted by atomic mass is 16.3. The van der Waals surface area contributed by atoms with Crippen LogP contribution in [0, 0.1) is 0 Å². The number of amides is 1. The first kappa shape index (κ1) is 17.7. The average molecular weight is 311 g/mol. The van der Waals surface area contributed by atoms with E-state index in [1.165, 1.54) is 12.8 Å². The molecule has 2 fully saturated rings. The van der Waals surface area contributed by atoms with E-state index in [-0.39, 0.29) is 12.6 Å². The molecule has 5 nitrogen and oxygen atoms in total. The minimum Gasteiger partial charge on any atom is -0.395 e. The van der Waals surface area contributed by atoms with Crippen LogP contribution in [0.2, 0.25) is 0 Å². The summed E-state index contributed by atoms with van der Waals surface area (Å²) in [6.07, 6.45) is 5.66. The molecule has 2 heterocycles. The molecule has 0 aromatic carbocycles. The molecule has 1 amide bonds. The summed E-state index contributed by atoms with van der Waals surface area (Å²) >= 11 is 0. The predicted octanol–water partition coefficient (Wildman–Crippen LogP) is 1.17. The fraction of sp³-hybridized carbons (Fsp3) is 0.941. The number of nitrogens with zero attached hydrogens (tertiary/aromatic N) is 3. The van der Waals surface area contributed by atoms with Crippen molar-refractivity contribution in [2.24, 2.45) is 0 Å². The molecular formula is C17H33N3O2. The van der Waals surface area contributed by atoms with E-state index >= 15 is 0 Å². The standard InChI is InChI=1S/C17H33N3O2/c1-3-15-7-5-6-8-20(15)17(22)13-18-9-11-19(12-10-18)16(4-2)14-21/h15-16,21H,3-14H2,1-2H3. The molecule has 2 unspecified atom stereocenters. The van der Waals surface area contributed by atoms with Gasteiger partial charge in [-0.05, 0) is 32.1 Å². The molecule has 0 saturated carbocycles. The van der Waals surface area contributed by atoms with Gasteiger partial charge in [0.05, 0.1) is 13.2 Å². The van der Waals surface area contributed by atoms with Gasteiger partial charge in [-0.25, -0.2) is 0 Å². The second-order valence-corrected chi connectivity index (χ2v) is 6.70. The van der Waals surface area contributed by atoms with Crippen molar-refractivity contribution in [1.29, 1.82) is 0 Å². The summed E-state index contributed by atoms with van der Waals surface area (Å²) in [6, 6.07) is 0.741. The Balaban J connectivity index is 1.78. The van der Waals surface area contributed by atoms with Crippen molar-refractivity contribution < 1.29 is 9.90 Å². The van der Waals surface area contributed by atoms with Gasteiger partial charge in [-0.3, -0.25) is 14.6 Å². The Kier molecular flexibility index (Phi) is 7.12. The third kappa shape index (κ3) is 4.43. The Hall–Kier alpha value is -0.650. The molecule has 128 valence electrons. The van der Waals surface area contributed by atoms with Gasteiger partial charge >= 0.3 is 0 Å². The van der Waals surface area contributed by atoms with E-state index in [0.717, 1.165) is 52.0 Å². The topological polar surface area (TPSA) is 47.0 Å². The van der Waals surface area contributed by atoms with Gasteiger partial charge in [0.25, 0.3) is 0 Å². The molecule has 2 atom stereocenters. The summed E-state index contributed by atoms with van der Waals surface area (Å²) in [7, 11) is 0. The second kappa shape index (κ2) is 8.85. The fourth-order valence-corrected chi connectivity index (χ4v) is 3.82. The van der Waals surface area contributed by atoms with E-state index in [9.17, 15) is 9.90 Å². The Bertz CT molecular complexity index is 339. The summed E-state index contributed by atoms with van der Waals surface area (Å²) in [5, 5.41) is 9.40. The van der Waals surface area contributed by atoms with Crippen molar-refractivity contribution in [3.63, 3.8) is 0 Å². The summed E-state index contributed by atoms with van der Waals surface area (Å²) in [6.45, 7) is 9.86. The Morgan fingerprint density at radius 2 is 1.86 bits per heavy atom. The van der Waals surface area contributed by atoms with E-state index in [4.69, 9.17) is 0 Å². The molecule has 2 aliphatic rings. The van der Waals surface area contributed by atoms with Crippen molar-refractivity contribution in [3.8, 4) is 0 Å². The van der Waals surface area contributed by atoms with Crippen molar-refractivity contribution in [3.05, 3.63) is 0 Å². The lowest BCUT2D eigenvalue weighted by Gasteiger charge is -2.40. The van der Waals surface area contributed by atoms with Gasteiger partial charge in [0, 0.05) is 44.8 Å². The summed E-state index contributed by atoms with van der Waals surface area (Å²) in [4.78, 5) is 19.4. The Labute approximate surface area is 135 Å². The van der Waals surface area contributed by atoms with Crippen LogP contribution in [0.15, 0.2) is 0 Å². The largest absolute Gasteiger partial charge is 0.395 e. The van der Waals surface area contributed by atoms with Crippen LogP contribution in [0.25, 0.3) is 0 Å². The first-order valence-electron chi connectivity index (χ1n) is 9.06. The quantitative estimate of drug-likeness (QED) is 0.800. The number of carbonyl (C=O) groups excluding carboxylic acids is 1. The number of carbonyl (C=O) groups is 1. The number of hydrogen-bond acceptors (Lipinski definition) is 4. The number of rotatable bonds is 6. The molecule has 0 radical (unpaired) electrons. The van der Waals surface area contributed by atoms with Crippen molar-refractivity contribution in [2.45, 2.75) is 58.0 Å². The lowest BCUT2D eigenvalue weighted by Crippen LogP contribution is -2.54. The average Bonchev–Trinajstić information content (AvgIpc) is 2.57. The number of aliphatic hydroxyl groups excluding tert-OH is 1. The van der Waals surface area contributed by atoms with E-state index in [1.807, 2.05) is 0 Å². The molecule has 5 heteroatoms. The first-order valence-corrected chi connectivity index (χ1v) is 9.06. The molecule has 0 aromatic heterocycles. The predicted molar refractivity (Wildman–Crippen MR) is 88.8 cm³/mol. The number of piperazine rings is 1. The zero-order valence-corrected chi connectivity index (χ0v) is 14.3. The number of hydrogen-bond donors (Lipinski definition) is 1. The Morgan fingerprint density at radius 1 is 1.14 bits per heavy atom. The minimum atomic E-state index is 0.237. The molecule has 0 bridgehead atoms. The molecule has 22 heavy (non-hydrogen) atoms. The molecule has 0 aliphatic carbocycles. The lowest BCUT2D eigenvalue weighted by molar-refractivity contribution is -0.136. The van der Waals surface area contributed by atoms with E-state index in [1.54, 1.807) is 0 Å². The van der Waals surface area contributed by atoms with Crippen LogP contribution >= 0.6 is 0 Å². The summed E-state index contributed by atoms with van der Waals surface area (Å²) in [5.74, 6) is 0.314. The lowest BCUT2D eigenvalue weighted by atomic mass is 10.00. The highest BCUT2D eigenvalue weighted by molar-refractivity contribution is 5.78. The monoisotopic (exact) mass is 311 g/mol. The molecule has 2 rings (SSSR count). The molecule has 0 aromatic rings. The van der Waals surface area contributed by atoms with E-state index < -0.39 is 0 Å².